The minimum Gasteiger partial charge on any atom is -0.312 e. The van der Waals surface area contributed by atoms with Gasteiger partial charge in [0.15, 0.2) is 0 Å². The van der Waals surface area contributed by atoms with Crippen molar-refractivity contribution < 1.29 is 18.0 Å². The van der Waals surface area contributed by atoms with Crippen LogP contribution in [0.25, 0.3) is 0 Å². The fourth-order valence-electron chi connectivity index (χ4n) is 1.74. The Morgan fingerprint density at radius 1 is 1.24 bits per heavy atom. The second-order valence-corrected chi connectivity index (χ2v) is 5.18. The summed E-state index contributed by atoms with van der Waals surface area (Å²) in [7, 11) is 0. The minimum atomic E-state index is -4.40. The molecule has 0 atom stereocenters. The van der Waals surface area contributed by atoms with E-state index in [1.54, 1.807) is 6.92 Å². The van der Waals surface area contributed by atoms with Gasteiger partial charge in [0.05, 0.1) is 11.3 Å². The molecule has 1 rings (SSSR count). The number of anilines is 1. The van der Waals surface area contributed by atoms with Crippen LogP contribution in [0.4, 0.5) is 18.9 Å². The zero-order valence-corrected chi connectivity index (χ0v) is 13.9. The molecule has 0 unspecified atom stereocenters. The molecule has 0 spiro atoms. The first-order valence-corrected chi connectivity index (χ1v) is 7.92. The zero-order chi connectivity index (χ0) is 16.6. The fraction of sp³-hybridized carbons (Fsp3) is 0.533. The largest absolute Gasteiger partial charge is 0.416 e. The molecule has 1 amide bonds. The van der Waals surface area contributed by atoms with Crippen molar-refractivity contribution in [3.63, 3.8) is 0 Å². The van der Waals surface area contributed by atoms with Crippen molar-refractivity contribution in [1.82, 2.24) is 0 Å². The van der Waals surface area contributed by atoms with Crippen molar-refractivity contribution in [3.8, 4) is 0 Å². The lowest BCUT2D eigenvalue weighted by molar-refractivity contribution is -0.137. The van der Waals surface area contributed by atoms with Crippen LogP contribution in [0.15, 0.2) is 23.1 Å². The van der Waals surface area contributed by atoms with Crippen LogP contribution in [0.2, 0.25) is 0 Å². The number of carbonyl (C=O) groups is 1. The molecule has 120 valence electrons. The number of halogens is 3. The number of benzene rings is 1. The quantitative estimate of drug-likeness (QED) is 0.709. The van der Waals surface area contributed by atoms with Crippen LogP contribution in [-0.4, -0.2) is 18.2 Å². The van der Waals surface area contributed by atoms with Gasteiger partial charge in [-0.15, -0.1) is 11.8 Å². The van der Waals surface area contributed by atoms with E-state index in [4.69, 9.17) is 0 Å². The van der Waals surface area contributed by atoms with Gasteiger partial charge >= 0.3 is 6.18 Å². The Morgan fingerprint density at radius 3 is 2.19 bits per heavy atom. The van der Waals surface area contributed by atoms with Crippen LogP contribution in [0.1, 0.15) is 40.2 Å². The highest BCUT2D eigenvalue weighted by Gasteiger charge is 2.31. The summed E-state index contributed by atoms with van der Waals surface area (Å²) >= 11 is 1.42. The van der Waals surface area contributed by atoms with E-state index in [-0.39, 0.29) is 5.91 Å². The normalized spacial score (nSPS) is 10.7. The molecule has 1 aromatic rings. The van der Waals surface area contributed by atoms with Crippen molar-refractivity contribution in [2.24, 2.45) is 0 Å². The average molecular weight is 321 g/mol. The minimum absolute atomic E-state index is 0.264. The van der Waals surface area contributed by atoms with Crippen LogP contribution in [0.5, 0.6) is 0 Å². The standard InChI is InChI=1S/C13H16F3NOS.C2H6/c1-4-17(9(3)18)11-8-10(13(14,15)16)6-7-12(11)19-5-2;1-2/h6-8H,4-5H2,1-3H3;1-2H3. The summed E-state index contributed by atoms with van der Waals surface area (Å²) in [5.41, 5.74) is -0.403. The van der Waals surface area contributed by atoms with Gasteiger partial charge in [0.2, 0.25) is 5.91 Å². The summed E-state index contributed by atoms with van der Waals surface area (Å²) in [6.45, 7) is 9.34. The van der Waals surface area contributed by atoms with Gasteiger partial charge in [-0.3, -0.25) is 4.79 Å². The predicted molar refractivity (Wildman–Crippen MR) is 82.9 cm³/mol. The summed E-state index contributed by atoms with van der Waals surface area (Å²) in [4.78, 5) is 13.6. The Kier molecular flexibility index (Phi) is 8.47. The first-order chi connectivity index (χ1) is 9.81. The molecular weight excluding hydrogens is 299 g/mol. The van der Waals surface area contributed by atoms with E-state index < -0.39 is 11.7 Å². The maximum Gasteiger partial charge on any atom is 0.416 e. The first kappa shape index (κ1) is 19.8. The van der Waals surface area contributed by atoms with Gasteiger partial charge < -0.3 is 4.90 Å². The molecule has 2 nitrogen and oxygen atoms in total. The number of nitrogens with zero attached hydrogens (tertiary/aromatic N) is 1. The molecule has 1 aromatic carbocycles. The highest BCUT2D eigenvalue weighted by molar-refractivity contribution is 7.99. The van der Waals surface area contributed by atoms with Gasteiger partial charge in [0.1, 0.15) is 0 Å². The third kappa shape index (κ3) is 5.61. The van der Waals surface area contributed by atoms with Gasteiger partial charge in [-0.1, -0.05) is 20.8 Å². The summed E-state index contributed by atoms with van der Waals surface area (Å²) in [5, 5.41) is 0. The number of amides is 1. The van der Waals surface area contributed by atoms with Crippen molar-refractivity contribution in [2.75, 3.05) is 17.2 Å². The number of hydrogen-bond donors (Lipinski definition) is 0. The third-order valence-corrected chi connectivity index (χ3v) is 3.52. The van der Waals surface area contributed by atoms with Crippen LogP contribution in [-0.2, 0) is 11.0 Å². The zero-order valence-electron chi connectivity index (χ0n) is 13.0. The second-order valence-electron chi connectivity index (χ2n) is 3.88. The maximum absolute atomic E-state index is 12.7. The maximum atomic E-state index is 12.7. The van der Waals surface area contributed by atoms with E-state index in [1.807, 2.05) is 20.8 Å². The predicted octanol–water partition coefficient (Wildman–Crippen LogP) is 5.22. The van der Waals surface area contributed by atoms with E-state index in [0.717, 1.165) is 17.9 Å². The van der Waals surface area contributed by atoms with Crippen molar-refractivity contribution in [3.05, 3.63) is 23.8 Å². The Hall–Kier alpha value is -1.17. The smallest absolute Gasteiger partial charge is 0.312 e. The van der Waals surface area contributed by atoms with Gasteiger partial charge in [-0.05, 0) is 30.9 Å². The molecular formula is C15H22F3NOS. The number of thioether (sulfide) groups is 1. The summed E-state index contributed by atoms with van der Waals surface area (Å²) in [6, 6.07) is 3.52. The van der Waals surface area contributed by atoms with E-state index in [0.29, 0.717) is 17.1 Å². The van der Waals surface area contributed by atoms with Crippen molar-refractivity contribution >= 4 is 23.4 Å². The summed E-state index contributed by atoms with van der Waals surface area (Å²) in [6.07, 6.45) is -4.40. The molecule has 0 heterocycles. The number of alkyl halides is 3. The Bertz CT molecular complexity index is 461. The molecule has 0 aliphatic rings. The van der Waals surface area contributed by atoms with Gasteiger partial charge in [0.25, 0.3) is 0 Å². The Labute approximate surface area is 128 Å². The van der Waals surface area contributed by atoms with E-state index in [9.17, 15) is 18.0 Å². The molecule has 0 bridgehead atoms. The fourth-order valence-corrected chi connectivity index (χ4v) is 2.54. The highest BCUT2D eigenvalue weighted by atomic mass is 32.2. The monoisotopic (exact) mass is 321 g/mol. The number of carbonyl (C=O) groups excluding carboxylic acids is 1. The lowest BCUT2D eigenvalue weighted by atomic mass is 10.1. The van der Waals surface area contributed by atoms with E-state index >= 15 is 0 Å². The molecule has 0 fully saturated rings. The van der Waals surface area contributed by atoms with Gasteiger partial charge in [0, 0.05) is 18.4 Å². The van der Waals surface area contributed by atoms with Crippen molar-refractivity contribution in [2.45, 2.75) is 45.7 Å². The van der Waals surface area contributed by atoms with Crippen LogP contribution < -0.4 is 4.90 Å². The lowest BCUT2D eigenvalue weighted by Gasteiger charge is -2.23. The molecule has 0 aliphatic carbocycles. The average Bonchev–Trinajstić information content (AvgIpc) is 2.42. The molecule has 0 radical (unpaired) electrons. The van der Waals surface area contributed by atoms with E-state index in [1.165, 1.54) is 29.7 Å². The van der Waals surface area contributed by atoms with Crippen LogP contribution >= 0.6 is 11.8 Å². The van der Waals surface area contributed by atoms with Crippen molar-refractivity contribution in [1.29, 1.82) is 0 Å². The summed E-state index contributed by atoms with van der Waals surface area (Å²) in [5.74, 6) is 0.466. The molecule has 0 saturated carbocycles. The lowest BCUT2D eigenvalue weighted by Crippen LogP contribution is -2.28. The van der Waals surface area contributed by atoms with Gasteiger partial charge in [-0.2, -0.15) is 13.2 Å². The Balaban J connectivity index is 0.00000191. The second kappa shape index (κ2) is 8.97. The Morgan fingerprint density at radius 2 is 1.81 bits per heavy atom. The molecule has 0 aromatic heterocycles. The van der Waals surface area contributed by atoms with Crippen LogP contribution in [0, 0.1) is 0 Å². The SMILES string of the molecule is CC.CCSc1ccc(C(F)(F)F)cc1N(CC)C(C)=O. The molecule has 0 saturated heterocycles. The third-order valence-electron chi connectivity index (χ3n) is 2.57. The van der Waals surface area contributed by atoms with Gasteiger partial charge in [-0.25, -0.2) is 0 Å². The molecule has 0 N–H and O–H groups in total. The highest BCUT2D eigenvalue weighted by Crippen LogP contribution is 2.37. The molecule has 0 aliphatic heterocycles. The van der Waals surface area contributed by atoms with Crippen LogP contribution in [0.3, 0.4) is 0 Å². The topological polar surface area (TPSA) is 20.3 Å². The first-order valence-electron chi connectivity index (χ1n) is 6.93. The number of hydrogen-bond acceptors (Lipinski definition) is 2. The molecule has 6 heteroatoms. The molecule has 21 heavy (non-hydrogen) atoms. The number of rotatable bonds is 4. The summed E-state index contributed by atoms with van der Waals surface area (Å²) < 4.78 is 38.2. The van der Waals surface area contributed by atoms with E-state index in [2.05, 4.69) is 0 Å².